The zero-order valence-electron chi connectivity index (χ0n) is 13.7. The lowest BCUT2D eigenvalue weighted by Gasteiger charge is -2.15. The molecule has 0 aromatic heterocycles. The molecule has 0 amide bonds. The van der Waals surface area contributed by atoms with E-state index < -0.39 is 12.8 Å². The molecule has 108 valence electrons. The number of nitrogens with zero attached hydrogens (tertiary/aromatic N) is 1. The van der Waals surface area contributed by atoms with E-state index in [-0.39, 0.29) is 0 Å². The maximum atomic E-state index is 5.82. The van der Waals surface area contributed by atoms with E-state index >= 15 is 0 Å². The topological polar surface area (TPSA) is 12.5 Å². The molecule has 8 radical (unpaired) electrons. The van der Waals surface area contributed by atoms with E-state index in [1.165, 1.54) is 37.1 Å². The van der Waals surface area contributed by atoms with Crippen LogP contribution in [-0.4, -0.2) is 74.9 Å². The summed E-state index contributed by atoms with van der Waals surface area (Å²) in [5.74, 6) is 1.02. The first-order valence-electron chi connectivity index (χ1n) is 8.23. The van der Waals surface area contributed by atoms with Gasteiger partial charge in [-0.15, -0.1) is 0 Å². The molecule has 0 bridgehead atoms. The predicted molar refractivity (Wildman–Crippen MR) is 105 cm³/mol. The van der Waals surface area contributed by atoms with Gasteiger partial charge < -0.3 is 4.74 Å². The number of ether oxygens (including phenoxy) is 1. The summed E-state index contributed by atoms with van der Waals surface area (Å²) in [6.45, 7) is 4.37. The fourth-order valence-electron chi connectivity index (χ4n) is 2.62. The normalized spacial score (nSPS) is 15.7. The van der Waals surface area contributed by atoms with E-state index in [0.717, 1.165) is 25.3 Å². The van der Waals surface area contributed by atoms with Crippen LogP contribution in [0.25, 0.3) is 6.08 Å². The van der Waals surface area contributed by atoms with E-state index in [4.69, 9.17) is 35.7 Å². The van der Waals surface area contributed by atoms with Crippen LogP contribution in [0.3, 0.4) is 0 Å². The summed E-state index contributed by atoms with van der Waals surface area (Å²) in [5.41, 5.74) is 2.74. The molecule has 0 unspecified atom stereocenters. The molecular formula is C15H19B6NO. The van der Waals surface area contributed by atoms with Crippen LogP contribution in [-0.2, 0) is 6.42 Å². The Morgan fingerprint density at radius 3 is 2.39 bits per heavy atom. The highest BCUT2D eigenvalue weighted by atomic mass is 16.5. The average Bonchev–Trinajstić information content (AvgIpc) is 3.18. The lowest BCUT2D eigenvalue weighted by molar-refractivity contribution is 0.237. The third-order valence-corrected chi connectivity index (χ3v) is 4.07. The van der Waals surface area contributed by atoms with Crippen molar-refractivity contribution in [3.8, 4) is 5.75 Å². The molecule has 1 aliphatic heterocycles. The Bertz CT molecular complexity index is 511. The first-order valence-corrected chi connectivity index (χ1v) is 8.23. The van der Waals surface area contributed by atoms with Gasteiger partial charge in [0.25, 0.3) is 0 Å². The van der Waals surface area contributed by atoms with Gasteiger partial charge in [0.2, 0.25) is 0 Å². The zero-order chi connectivity index (χ0) is 16.7. The van der Waals surface area contributed by atoms with Crippen molar-refractivity contribution in [3.63, 3.8) is 0 Å². The van der Waals surface area contributed by atoms with Crippen LogP contribution in [0.1, 0.15) is 24.0 Å². The molecule has 0 atom stereocenters. The minimum absolute atomic E-state index is 0.593. The second-order valence-corrected chi connectivity index (χ2v) is 6.02. The number of hydrogen-bond donors (Lipinski definition) is 0. The zero-order valence-corrected chi connectivity index (χ0v) is 13.7. The number of likely N-dealkylation sites (tertiary alicyclic amines) is 1. The van der Waals surface area contributed by atoms with E-state index in [1.807, 2.05) is 0 Å². The molecular weight excluding hydrogens is 275 g/mol. The van der Waals surface area contributed by atoms with Gasteiger partial charge in [0.1, 0.15) is 12.4 Å². The summed E-state index contributed by atoms with van der Waals surface area (Å²) in [4.78, 5) is 2.48. The lowest BCUT2D eigenvalue weighted by atomic mass is 8.81. The minimum atomic E-state index is -0.593. The van der Waals surface area contributed by atoms with E-state index in [1.54, 1.807) is 0 Å². The van der Waals surface area contributed by atoms with Crippen molar-refractivity contribution in [3.05, 3.63) is 35.4 Å². The molecule has 2 nitrogen and oxygen atoms in total. The van der Waals surface area contributed by atoms with Crippen LogP contribution in [0, 0.1) is 0 Å². The molecule has 0 spiro atoms. The molecule has 1 heterocycles. The Hall–Kier alpha value is -0.890. The summed E-state index contributed by atoms with van der Waals surface area (Å²) >= 11 is 0. The van der Waals surface area contributed by atoms with Gasteiger partial charge in [-0.1, -0.05) is 18.2 Å². The van der Waals surface area contributed by atoms with Crippen molar-refractivity contribution in [2.45, 2.75) is 19.3 Å². The summed E-state index contributed by atoms with van der Waals surface area (Å²) < 4.78 is 5.82. The molecule has 23 heavy (non-hydrogen) atoms. The third kappa shape index (κ3) is 6.25. The standard InChI is InChI=1S/C15H19NO.B6/c1-2-9-16(8-1)10-11-17-15-7-6-13-4-3-5-14(13)12-15;1-5(2)6(3)4/h3-4,6-7,12H,1-2,5,8-11H2;. The van der Waals surface area contributed by atoms with Gasteiger partial charge >= 0.3 is 0 Å². The Morgan fingerprint density at radius 2 is 1.74 bits per heavy atom. The second-order valence-electron chi connectivity index (χ2n) is 6.02. The number of allylic oxidation sites excluding steroid dienone is 1. The average molecular weight is 294 g/mol. The quantitative estimate of drug-likeness (QED) is 0.731. The van der Waals surface area contributed by atoms with Crippen LogP contribution >= 0.6 is 0 Å². The first kappa shape index (κ1) is 18.4. The number of fused-ring (bicyclic) bond motifs is 1. The van der Waals surface area contributed by atoms with Crippen LogP contribution in [0.5, 0.6) is 5.75 Å². The van der Waals surface area contributed by atoms with Crippen molar-refractivity contribution in [2.24, 2.45) is 0 Å². The van der Waals surface area contributed by atoms with Gasteiger partial charge in [-0.2, -0.15) is 0 Å². The molecule has 1 fully saturated rings. The molecule has 2 aliphatic rings. The molecule has 1 aromatic carbocycles. The maximum absolute atomic E-state index is 5.82. The monoisotopic (exact) mass is 295 g/mol. The van der Waals surface area contributed by atoms with Gasteiger partial charge in [0.15, 0.2) is 0 Å². The number of rotatable bonds is 5. The fourth-order valence-corrected chi connectivity index (χ4v) is 2.62. The Balaban J connectivity index is 0.000000277. The second kappa shape index (κ2) is 9.42. The minimum Gasteiger partial charge on any atom is -0.492 e. The number of hydrogen-bond acceptors (Lipinski definition) is 2. The van der Waals surface area contributed by atoms with Gasteiger partial charge in [-0.3, -0.25) is 4.90 Å². The largest absolute Gasteiger partial charge is 0.492 e. The van der Waals surface area contributed by atoms with Crippen molar-refractivity contribution in [1.82, 2.24) is 4.90 Å². The molecule has 3 rings (SSSR count). The molecule has 0 N–H and O–H groups in total. The van der Waals surface area contributed by atoms with Crippen LogP contribution in [0.15, 0.2) is 24.3 Å². The van der Waals surface area contributed by atoms with Gasteiger partial charge in [0, 0.05) is 50.3 Å². The van der Waals surface area contributed by atoms with E-state index in [2.05, 4.69) is 35.3 Å². The molecule has 1 aliphatic carbocycles. The smallest absolute Gasteiger partial charge is 0.119 e. The van der Waals surface area contributed by atoms with Crippen molar-refractivity contribution in [2.75, 3.05) is 26.2 Å². The molecule has 1 aromatic rings. The first-order chi connectivity index (χ1) is 11.1. The molecule has 0 saturated carbocycles. The van der Waals surface area contributed by atoms with Gasteiger partial charge in [-0.05, 0) is 55.6 Å². The molecule has 1 saturated heterocycles. The summed E-state index contributed by atoms with van der Waals surface area (Å²) in [6.07, 6.45) is 6.96. The van der Waals surface area contributed by atoms with Gasteiger partial charge in [0.05, 0.1) is 0 Å². The summed E-state index contributed by atoms with van der Waals surface area (Å²) in [7, 11) is 19.9. The molecule has 8 heteroatoms. The Labute approximate surface area is 146 Å². The number of benzene rings is 1. The van der Waals surface area contributed by atoms with Crippen LogP contribution in [0.2, 0.25) is 0 Å². The SMILES string of the molecule is C1=Cc2ccc(OCCN3CCCC3)cc2C1.[B]B([B])B([B])[B]. The fraction of sp³-hybridized carbons (Fsp3) is 0.467. The van der Waals surface area contributed by atoms with E-state index in [9.17, 15) is 0 Å². The third-order valence-electron chi connectivity index (χ3n) is 4.07. The van der Waals surface area contributed by atoms with Crippen molar-refractivity contribution >= 4 is 49.8 Å². The van der Waals surface area contributed by atoms with Crippen LogP contribution in [0.4, 0.5) is 0 Å². The predicted octanol–water partition coefficient (Wildman–Crippen LogP) is 0.446. The summed E-state index contributed by atoms with van der Waals surface area (Å²) in [5, 5.41) is 0. The van der Waals surface area contributed by atoms with E-state index in [0.29, 0.717) is 0 Å². The van der Waals surface area contributed by atoms with Crippen molar-refractivity contribution in [1.29, 1.82) is 0 Å². The van der Waals surface area contributed by atoms with Crippen molar-refractivity contribution < 1.29 is 4.74 Å². The van der Waals surface area contributed by atoms with Crippen LogP contribution < -0.4 is 4.74 Å². The van der Waals surface area contributed by atoms with Gasteiger partial charge in [-0.25, -0.2) is 0 Å². The Morgan fingerprint density at radius 1 is 1.04 bits per heavy atom. The highest BCUT2D eigenvalue weighted by molar-refractivity contribution is 7.76. The highest BCUT2D eigenvalue weighted by Crippen LogP contribution is 2.24. The summed E-state index contributed by atoms with van der Waals surface area (Å²) in [6, 6.07) is 6.42. The Kier molecular flexibility index (Phi) is 7.55. The lowest BCUT2D eigenvalue weighted by Crippen LogP contribution is -2.38. The highest BCUT2D eigenvalue weighted by Gasteiger charge is 2.11. The maximum Gasteiger partial charge on any atom is 0.119 e.